The third-order valence-corrected chi connectivity index (χ3v) is 4.31. The summed E-state index contributed by atoms with van der Waals surface area (Å²) in [5.74, 6) is -0.560. The summed E-state index contributed by atoms with van der Waals surface area (Å²) in [5.41, 5.74) is 0.344. The first-order chi connectivity index (χ1) is 13.6. The third-order valence-electron chi connectivity index (χ3n) is 4.31. The molecule has 1 aromatic carbocycles. The van der Waals surface area contributed by atoms with Crippen LogP contribution >= 0.6 is 0 Å². The second-order valence-corrected chi connectivity index (χ2v) is 7.72. The van der Waals surface area contributed by atoms with E-state index in [1.807, 2.05) is 6.07 Å². The molecule has 2 N–H and O–H groups in total. The van der Waals surface area contributed by atoms with Crippen LogP contribution < -0.4 is 10.6 Å². The maximum atomic E-state index is 12.4. The molecule has 2 rings (SSSR count). The largest absolute Gasteiger partial charge is 0.467 e. The fraction of sp³-hybridized carbons (Fsp3) is 0.500. The molecular weight excluding hydrogens is 376 g/mol. The van der Waals surface area contributed by atoms with Crippen LogP contribution in [0.2, 0.25) is 0 Å². The van der Waals surface area contributed by atoms with Crippen molar-refractivity contribution in [3.8, 4) is 6.07 Å². The molecule has 9 nitrogen and oxygen atoms in total. The van der Waals surface area contributed by atoms with Crippen LogP contribution in [0, 0.1) is 11.3 Å². The van der Waals surface area contributed by atoms with E-state index in [-0.39, 0.29) is 19.0 Å². The van der Waals surface area contributed by atoms with Gasteiger partial charge in [0.25, 0.3) is 0 Å². The number of likely N-dealkylation sites (tertiary alicyclic amines) is 1. The molecule has 9 heteroatoms. The zero-order valence-electron chi connectivity index (χ0n) is 17.0. The SMILES string of the molecule is COC(=O)C1CC(NC(=O)Nc2ccc(C#N)cc2)CCN1C(=O)OC(C)(C)C. The highest BCUT2D eigenvalue weighted by Crippen LogP contribution is 2.22. The van der Waals surface area contributed by atoms with Crippen LogP contribution in [-0.4, -0.2) is 54.3 Å². The van der Waals surface area contributed by atoms with E-state index in [9.17, 15) is 14.4 Å². The van der Waals surface area contributed by atoms with Gasteiger partial charge in [-0.1, -0.05) is 0 Å². The molecule has 0 bridgehead atoms. The Balaban J connectivity index is 1.99. The van der Waals surface area contributed by atoms with Gasteiger partial charge in [0.2, 0.25) is 0 Å². The Morgan fingerprint density at radius 3 is 2.41 bits per heavy atom. The van der Waals surface area contributed by atoms with Gasteiger partial charge in [0.1, 0.15) is 11.6 Å². The lowest BCUT2D eigenvalue weighted by Crippen LogP contribution is -2.56. The van der Waals surface area contributed by atoms with Gasteiger partial charge in [-0.25, -0.2) is 14.4 Å². The first kappa shape index (κ1) is 22.0. The first-order valence-corrected chi connectivity index (χ1v) is 9.28. The number of hydrogen-bond acceptors (Lipinski definition) is 6. The first-order valence-electron chi connectivity index (χ1n) is 9.28. The number of piperidine rings is 1. The zero-order chi connectivity index (χ0) is 21.6. The minimum atomic E-state index is -0.844. The minimum Gasteiger partial charge on any atom is -0.467 e. The number of nitriles is 1. The standard InChI is InChI=1S/C20H26N4O5/c1-20(2,3)29-19(27)24-10-9-15(11-16(24)17(25)28-4)23-18(26)22-14-7-5-13(12-21)6-8-14/h5-8,15-16H,9-11H2,1-4H3,(H2,22,23,26). The Kier molecular flexibility index (Phi) is 7.04. The van der Waals surface area contributed by atoms with Crippen LogP contribution in [0.3, 0.4) is 0 Å². The number of nitrogens with zero attached hydrogens (tertiary/aromatic N) is 2. The molecule has 2 atom stereocenters. The Morgan fingerprint density at radius 2 is 1.86 bits per heavy atom. The Hall–Kier alpha value is -3.28. The minimum absolute atomic E-state index is 0.215. The van der Waals surface area contributed by atoms with E-state index in [2.05, 4.69) is 10.6 Å². The lowest BCUT2D eigenvalue weighted by atomic mass is 9.97. The van der Waals surface area contributed by atoms with Crippen molar-refractivity contribution < 1.29 is 23.9 Å². The number of amides is 3. The van der Waals surface area contributed by atoms with Gasteiger partial charge < -0.3 is 20.1 Å². The molecular formula is C20H26N4O5. The van der Waals surface area contributed by atoms with Crippen LogP contribution in [0.25, 0.3) is 0 Å². The summed E-state index contributed by atoms with van der Waals surface area (Å²) in [4.78, 5) is 38.3. The van der Waals surface area contributed by atoms with Gasteiger partial charge in [-0.2, -0.15) is 5.26 Å². The fourth-order valence-electron chi connectivity index (χ4n) is 2.98. The summed E-state index contributed by atoms with van der Waals surface area (Å²) in [6, 6.07) is 6.85. The number of urea groups is 1. The molecule has 1 saturated heterocycles. The topological polar surface area (TPSA) is 121 Å². The molecule has 0 aliphatic carbocycles. The van der Waals surface area contributed by atoms with Crippen LogP contribution in [0.5, 0.6) is 0 Å². The average Bonchev–Trinajstić information content (AvgIpc) is 2.66. The molecule has 1 aliphatic heterocycles. The van der Waals surface area contributed by atoms with E-state index in [1.54, 1.807) is 45.0 Å². The molecule has 29 heavy (non-hydrogen) atoms. The normalized spacial score (nSPS) is 18.9. The summed E-state index contributed by atoms with van der Waals surface area (Å²) in [7, 11) is 1.25. The molecule has 1 aromatic rings. The lowest BCUT2D eigenvalue weighted by Gasteiger charge is -2.38. The van der Waals surface area contributed by atoms with Crippen molar-refractivity contribution in [2.45, 2.75) is 51.3 Å². The number of ether oxygens (including phenoxy) is 2. The Morgan fingerprint density at radius 1 is 1.21 bits per heavy atom. The van der Waals surface area contributed by atoms with E-state index in [0.717, 1.165) is 0 Å². The molecule has 3 amide bonds. The smallest absolute Gasteiger partial charge is 0.411 e. The number of nitrogens with one attached hydrogen (secondary N) is 2. The van der Waals surface area contributed by atoms with Crippen molar-refractivity contribution in [1.29, 1.82) is 5.26 Å². The van der Waals surface area contributed by atoms with Crippen LogP contribution in [0.15, 0.2) is 24.3 Å². The van der Waals surface area contributed by atoms with E-state index in [0.29, 0.717) is 17.7 Å². The van der Waals surface area contributed by atoms with Crippen molar-refractivity contribution in [2.24, 2.45) is 0 Å². The van der Waals surface area contributed by atoms with Gasteiger partial charge >= 0.3 is 18.1 Å². The second-order valence-electron chi connectivity index (χ2n) is 7.72. The van der Waals surface area contributed by atoms with Crippen molar-refractivity contribution in [2.75, 3.05) is 19.0 Å². The van der Waals surface area contributed by atoms with Gasteiger partial charge in [0.15, 0.2) is 0 Å². The van der Waals surface area contributed by atoms with Crippen molar-refractivity contribution in [3.05, 3.63) is 29.8 Å². The molecule has 1 heterocycles. The van der Waals surface area contributed by atoms with Crippen molar-refractivity contribution >= 4 is 23.8 Å². The van der Waals surface area contributed by atoms with E-state index in [4.69, 9.17) is 14.7 Å². The van der Waals surface area contributed by atoms with Gasteiger partial charge in [-0.3, -0.25) is 4.90 Å². The third kappa shape index (κ3) is 6.38. The van der Waals surface area contributed by atoms with Gasteiger partial charge in [0, 0.05) is 18.3 Å². The summed E-state index contributed by atoms with van der Waals surface area (Å²) < 4.78 is 10.2. The molecule has 1 aliphatic rings. The molecule has 156 valence electrons. The van der Waals surface area contributed by atoms with Gasteiger partial charge in [-0.15, -0.1) is 0 Å². The highest BCUT2D eigenvalue weighted by atomic mass is 16.6. The number of anilines is 1. The van der Waals surface area contributed by atoms with Crippen LogP contribution in [0.1, 0.15) is 39.2 Å². The number of rotatable bonds is 3. The number of esters is 1. The monoisotopic (exact) mass is 402 g/mol. The Bertz CT molecular complexity index is 795. The van der Waals surface area contributed by atoms with E-state index >= 15 is 0 Å². The van der Waals surface area contributed by atoms with Gasteiger partial charge in [0.05, 0.1) is 18.7 Å². The molecule has 0 saturated carbocycles. The summed E-state index contributed by atoms with van der Waals surface area (Å²) in [6.45, 7) is 5.50. The summed E-state index contributed by atoms with van der Waals surface area (Å²) >= 11 is 0. The predicted molar refractivity (Wildman–Crippen MR) is 105 cm³/mol. The maximum absolute atomic E-state index is 12.4. The zero-order valence-corrected chi connectivity index (χ0v) is 17.0. The maximum Gasteiger partial charge on any atom is 0.411 e. The molecule has 1 fully saturated rings. The average molecular weight is 402 g/mol. The molecule has 0 radical (unpaired) electrons. The van der Waals surface area contributed by atoms with Crippen molar-refractivity contribution in [3.63, 3.8) is 0 Å². The molecule has 0 spiro atoms. The van der Waals surface area contributed by atoms with E-state index in [1.165, 1.54) is 12.0 Å². The lowest BCUT2D eigenvalue weighted by molar-refractivity contribution is -0.148. The Labute approximate surface area is 169 Å². The van der Waals surface area contributed by atoms with Gasteiger partial charge in [-0.05, 0) is 57.9 Å². The predicted octanol–water partition coefficient (Wildman–Crippen LogP) is 2.62. The fourth-order valence-corrected chi connectivity index (χ4v) is 2.98. The molecule has 0 aromatic heterocycles. The number of carbonyl (C=O) groups is 3. The van der Waals surface area contributed by atoms with Crippen LogP contribution in [0.4, 0.5) is 15.3 Å². The van der Waals surface area contributed by atoms with Crippen molar-refractivity contribution in [1.82, 2.24) is 10.2 Å². The number of methoxy groups -OCH3 is 1. The second kappa shape index (κ2) is 9.28. The highest BCUT2D eigenvalue weighted by Gasteiger charge is 2.39. The quantitative estimate of drug-likeness (QED) is 0.750. The van der Waals surface area contributed by atoms with E-state index < -0.39 is 29.7 Å². The number of benzene rings is 1. The number of carbonyl (C=O) groups excluding carboxylic acids is 3. The molecule has 2 unspecified atom stereocenters. The number of hydrogen-bond donors (Lipinski definition) is 2. The van der Waals surface area contributed by atoms with Crippen LogP contribution in [-0.2, 0) is 14.3 Å². The highest BCUT2D eigenvalue weighted by molar-refractivity contribution is 5.89. The summed E-state index contributed by atoms with van der Waals surface area (Å²) in [6.07, 6.45) is 0.0913. The summed E-state index contributed by atoms with van der Waals surface area (Å²) in [5, 5.41) is 14.3.